The molecule has 0 N–H and O–H groups in total. The molecule has 64 valence electrons. The molecule has 0 fully saturated rings. The summed E-state index contributed by atoms with van der Waals surface area (Å²) in [6.45, 7) is 5.93. The van der Waals surface area contributed by atoms with Gasteiger partial charge in [-0.15, -0.1) is 0 Å². The van der Waals surface area contributed by atoms with Crippen LogP contribution in [0.15, 0.2) is 43.0 Å². The quantitative estimate of drug-likeness (QED) is 0.607. The van der Waals surface area contributed by atoms with Crippen LogP contribution in [0.25, 0.3) is 16.8 Å². The number of hydrogen-bond acceptors (Lipinski definition) is 0. The first-order valence-electron chi connectivity index (χ1n) is 4.43. The molecule has 0 aliphatic carbocycles. The average Bonchev–Trinajstić information content (AvgIpc) is 2.16. The van der Waals surface area contributed by atoms with E-state index >= 15 is 0 Å². The van der Waals surface area contributed by atoms with E-state index in [0.717, 1.165) is 0 Å². The normalized spacial score (nSPS) is 10.2. The molecule has 0 radical (unpaired) electrons. The van der Waals surface area contributed by atoms with Crippen LogP contribution >= 0.6 is 0 Å². The number of aryl methyl sites for hydroxylation is 1. The van der Waals surface area contributed by atoms with Crippen LogP contribution in [0.4, 0.5) is 0 Å². The zero-order valence-electron chi connectivity index (χ0n) is 7.75. The van der Waals surface area contributed by atoms with Crippen molar-refractivity contribution in [2.24, 2.45) is 0 Å². The van der Waals surface area contributed by atoms with Crippen molar-refractivity contribution in [1.29, 1.82) is 0 Å². The van der Waals surface area contributed by atoms with Crippen LogP contribution in [0, 0.1) is 6.92 Å². The van der Waals surface area contributed by atoms with Gasteiger partial charge < -0.3 is 0 Å². The molecule has 0 aliphatic heterocycles. The minimum atomic E-state index is 1.22. The summed E-state index contributed by atoms with van der Waals surface area (Å²) in [6.07, 6.45) is 1.91. The summed E-state index contributed by atoms with van der Waals surface area (Å²) in [5, 5.41) is 2.57. The Hall–Kier alpha value is -1.56. The minimum absolute atomic E-state index is 1.22. The van der Waals surface area contributed by atoms with Gasteiger partial charge in [-0.2, -0.15) is 0 Å². The maximum Gasteiger partial charge on any atom is -0.0111 e. The van der Waals surface area contributed by atoms with Crippen LogP contribution in [0.5, 0.6) is 0 Å². The summed E-state index contributed by atoms with van der Waals surface area (Å²) in [4.78, 5) is 0. The minimum Gasteiger partial charge on any atom is -0.0984 e. The molecule has 0 aliphatic rings. The Labute approximate surface area is 78.5 Å². The Kier molecular flexibility index (Phi) is 1.90. The predicted octanol–water partition coefficient (Wildman–Crippen LogP) is 3.79. The second-order valence-electron chi connectivity index (χ2n) is 3.28. The first kappa shape index (κ1) is 8.06. The lowest BCUT2D eigenvalue weighted by Gasteiger charge is -2.03. The molecule has 0 amide bonds. The molecule has 0 atom stereocenters. The molecule has 0 unspecified atom stereocenters. The van der Waals surface area contributed by atoms with Gasteiger partial charge in [-0.05, 0) is 28.8 Å². The summed E-state index contributed by atoms with van der Waals surface area (Å²) < 4.78 is 0. The third-order valence-electron chi connectivity index (χ3n) is 2.26. The van der Waals surface area contributed by atoms with Crippen molar-refractivity contribution in [2.45, 2.75) is 6.92 Å². The van der Waals surface area contributed by atoms with Crippen LogP contribution in [0.1, 0.15) is 11.1 Å². The molecule has 0 saturated heterocycles. The summed E-state index contributed by atoms with van der Waals surface area (Å²) in [5.74, 6) is 0. The van der Waals surface area contributed by atoms with Crippen LogP contribution in [0.3, 0.4) is 0 Å². The lowest BCUT2D eigenvalue weighted by atomic mass is 10.0. The largest absolute Gasteiger partial charge is 0.0984 e. The van der Waals surface area contributed by atoms with Gasteiger partial charge in [-0.25, -0.2) is 0 Å². The van der Waals surface area contributed by atoms with E-state index in [0.29, 0.717) is 0 Å². The Bertz CT molecular complexity index is 453. The van der Waals surface area contributed by atoms with Crippen LogP contribution < -0.4 is 0 Å². The molecule has 13 heavy (non-hydrogen) atoms. The van der Waals surface area contributed by atoms with Crippen LogP contribution in [0.2, 0.25) is 0 Å². The van der Waals surface area contributed by atoms with Crippen molar-refractivity contribution in [3.63, 3.8) is 0 Å². The molecule has 0 heterocycles. The summed E-state index contributed by atoms with van der Waals surface area (Å²) in [5.41, 5.74) is 2.50. The van der Waals surface area contributed by atoms with Gasteiger partial charge in [0.2, 0.25) is 0 Å². The standard InChI is InChI=1S/C13H12/c1-3-11-8-10(2)9-12-6-4-5-7-13(11)12/h3-9H,1H2,2H3. The zero-order valence-corrected chi connectivity index (χ0v) is 7.75. The second kappa shape index (κ2) is 3.06. The lowest BCUT2D eigenvalue weighted by molar-refractivity contribution is 1.49. The Morgan fingerprint density at radius 3 is 2.69 bits per heavy atom. The van der Waals surface area contributed by atoms with Gasteiger partial charge in [-0.1, -0.05) is 49.1 Å². The van der Waals surface area contributed by atoms with Crippen molar-refractivity contribution in [2.75, 3.05) is 0 Å². The molecule has 2 rings (SSSR count). The van der Waals surface area contributed by atoms with Crippen molar-refractivity contribution >= 4 is 16.8 Å². The summed E-state index contributed by atoms with van der Waals surface area (Å²) in [6, 6.07) is 12.7. The Balaban J connectivity index is 2.89. The van der Waals surface area contributed by atoms with Crippen LogP contribution in [-0.2, 0) is 0 Å². The van der Waals surface area contributed by atoms with E-state index in [1.807, 2.05) is 6.08 Å². The number of hydrogen-bond donors (Lipinski definition) is 0. The third-order valence-corrected chi connectivity index (χ3v) is 2.26. The zero-order chi connectivity index (χ0) is 9.26. The number of fused-ring (bicyclic) bond motifs is 1. The monoisotopic (exact) mass is 168 g/mol. The maximum atomic E-state index is 3.82. The lowest BCUT2D eigenvalue weighted by Crippen LogP contribution is -1.80. The molecule has 0 spiro atoms. The fourth-order valence-electron chi connectivity index (χ4n) is 1.66. The van der Waals surface area contributed by atoms with Gasteiger partial charge in [0.05, 0.1) is 0 Å². The molecular formula is C13H12. The van der Waals surface area contributed by atoms with Crippen molar-refractivity contribution < 1.29 is 0 Å². The third kappa shape index (κ3) is 1.35. The Morgan fingerprint density at radius 1 is 1.15 bits per heavy atom. The number of benzene rings is 2. The van der Waals surface area contributed by atoms with E-state index in [9.17, 15) is 0 Å². The first-order valence-corrected chi connectivity index (χ1v) is 4.43. The van der Waals surface area contributed by atoms with Crippen molar-refractivity contribution in [3.05, 3.63) is 54.1 Å². The maximum absolute atomic E-state index is 3.82. The highest BCUT2D eigenvalue weighted by Gasteiger charge is 1.97. The highest BCUT2D eigenvalue weighted by molar-refractivity contribution is 5.90. The highest BCUT2D eigenvalue weighted by Crippen LogP contribution is 2.21. The van der Waals surface area contributed by atoms with E-state index < -0.39 is 0 Å². The van der Waals surface area contributed by atoms with E-state index in [1.165, 1.54) is 21.9 Å². The van der Waals surface area contributed by atoms with E-state index in [4.69, 9.17) is 0 Å². The first-order chi connectivity index (χ1) is 6.31. The predicted molar refractivity (Wildman–Crippen MR) is 58.8 cm³/mol. The second-order valence-corrected chi connectivity index (χ2v) is 3.28. The van der Waals surface area contributed by atoms with E-state index in [2.05, 4.69) is 49.9 Å². The van der Waals surface area contributed by atoms with Crippen molar-refractivity contribution in [1.82, 2.24) is 0 Å². The molecule has 0 aromatic heterocycles. The van der Waals surface area contributed by atoms with Gasteiger partial charge >= 0.3 is 0 Å². The molecule has 2 aromatic carbocycles. The van der Waals surface area contributed by atoms with Gasteiger partial charge in [0.1, 0.15) is 0 Å². The molecule has 2 aromatic rings. The Morgan fingerprint density at radius 2 is 1.92 bits per heavy atom. The molecule has 0 nitrogen and oxygen atoms in total. The molecular weight excluding hydrogens is 156 g/mol. The summed E-state index contributed by atoms with van der Waals surface area (Å²) in [7, 11) is 0. The number of rotatable bonds is 1. The highest BCUT2D eigenvalue weighted by atomic mass is 14.0. The van der Waals surface area contributed by atoms with Gasteiger partial charge in [0.25, 0.3) is 0 Å². The fourth-order valence-corrected chi connectivity index (χ4v) is 1.66. The average molecular weight is 168 g/mol. The van der Waals surface area contributed by atoms with Crippen LogP contribution in [-0.4, -0.2) is 0 Å². The SMILES string of the molecule is C=Cc1cc(C)cc2ccccc12. The molecule has 0 heteroatoms. The fraction of sp³-hybridized carbons (Fsp3) is 0.0769. The topological polar surface area (TPSA) is 0 Å². The molecule has 0 saturated carbocycles. The smallest absolute Gasteiger partial charge is 0.0111 e. The molecule has 0 bridgehead atoms. The summed E-state index contributed by atoms with van der Waals surface area (Å²) >= 11 is 0. The van der Waals surface area contributed by atoms with Crippen molar-refractivity contribution in [3.8, 4) is 0 Å². The van der Waals surface area contributed by atoms with Gasteiger partial charge in [0, 0.05) is 0 Å². The van der Waals surface area contributed by atoms with Gasteiger partial charge in [0.15, 0.2) is 0 Å². The van der Waals surface area contributed by atoms with E-state index in [-0.39, 0.29) is 0 Å². The van der Waals surface area contributed by atoms with Gasteiger partial charge in [-0.3, -0.25) is 0 Å². The van der Waals surface area contributed by atoms with E-state index in [1.54, 1.807) is 0 Å².